The minimum Gasteiger partial charge on any atom is -0.315 e. The summed E-state index contributed by atoms with van der Waals surface area (Å²) in [4.78, 5) is 2.84. The summed E-state index contributed by atoms with van der Waals surface area (Å²) >= 11 is 0. The molecule has 2 heteroatoms. The Morgan fingerprint density at radius 2 is 1.81 bits per heavy atom. The first-order valence-electron chi connectivity index (χ1n) is 9.43. The summed E-state index contributed by atoms with van der Waals surface area (Å²) in [6.45, 7) is 12.3. The fourth-order valence-electron chi connectivity index (χ4n) is 4.20. The van der Waals surface area contributed by atoms with Crippen LogP contribution in [0.25, 0.3) is 0 Å². The van der Waals surface area contributed by atoms with Crippen LogP contribution in [0.1, 0.15) is 72.6 Å². The summed E-state index contributed by atoms with van der Waals surface area (Å²) in [6, 6.07) is 1.47. The van der Waals surface area contributed by atoms with Gasteiger partial charge in [-0.1, -0.05) is 34.1 Å². The lowest BCUT2D eigenvalue weighted by Crippen LogP contribution is -2.54. The SMILES string of the molecule is CCCN(CC1CC1)C1CC(C(C)(C)CC)CCC1NC. The maximum atomic E-state index is 3.63. The van der Waals surface area contributed by atoms with Gasteiger partial charge >= 0.3 is 0 Å². The third-order valence-electron chi connectivity index (χ3n) is 6.37. The van der Waals surface area contributed by atoms with Crippen LogP contribution in [0.5, 0.6) is 0 Å². The third-order valence-corrected chi connectivity index (χ3v) is 6.37. The molecule has 0 radical (unpaired) electrons. The second-order valence-corrected chi connectivity index (χ2v) is 8.25. The fourth-order valence-corrected chi connectivity index (χ4v) is 4.20. The maximum absolute atomic E-state index is 3.63. The molecule has 2 saturated carbocycles. The normalized spacial score (nSPS) is 30.9. The first-order chi connectivity index (χ1) is 10.0. The van der Waals surface area contributed by atoms with Crippen LogP contribution in [0, 0.1) is 17.3 Å². The molecule has 2 aliphatic rings. The van der Waals surface area contributed by atoms with Gasteiger partial charge in [-0.3, -0.25) is 4.90 Å². The van der Waals surface area contributed by atoms with E-state index < -0.39 is 0 Å². The highest BCUT2D eigenvalue weighted by molar-refractivity contribution is 4.95. The number of hydrogen-bond acceptors (Lipinski definition) is 2. The number of nitrogens with zero attached hydrogens (tertiary/aromatic N) is 1. The van der Waals surface area contributed by atoms with Gasteiger partial charge in [-0.15, -0.1) is 0 Å². The van der Waals surface area contributed by atoms with Crippen LogP contribution in [0.15, 0.2) is 0 Å². The van der Waals surface area contributed by atoms with Crippen molar-refractivity contribution in [1.29, 1.82) is 0 Å². The molecule has 2 nitrogen and oxygen atoms in total. The van der Waals surface area contributed by atoms with Gasteiger partial charge in [-0.25, -0.2) is 0 Å². The Morgan fingerprint density at radius 3 is 2.33 bits per heavy atom. The standard InChI is InChI=1S/C19H38N2/c1-6-12-21(14-15-8-9-15)18-13-16(19(3,4)7-2)10-11-17(18)20-5/h15-18,20H,6-14H2,1-5H3. The molecule has 3 unspecified atom stereocenters. The lowest BCUT2D eigenvalue weighted by atomic mass is 9.67. The van der Waals surface area contributed by atoms with E-state index in [2.05, 4.69) is 45.0 Å². The van der Waals surface area contributed by atoms with Crippen LogP contribution in [-0.4, -0.2) is 37.1 Å². The summed E-state index contributed by atoms with van der Waals surface area (Å²) < 4.78 is 0. The molecule has 2 aliphatic carbocycles. The molecule has 2 fully saturated rings. The van der Waals surface area contributed by atoms with E-state index in [4.69, 9.17) is 0 Å². The smallest absolute Gasteiger partial charge is 0.0252 e. The zero-order valence-electron chi connectivity index (χ0n) is 15.1. The van der Waals surface area contributed by atoms with Gasteiger partial charge in [0, 0.05) is 18.6 Å². The molecule has 21 heavy (non-hydrogen) atoms. The molecule has 1 N–H and O–H groups in total. The van der Waals surface area contributed by atoms with Crippen LogP contribution in [0.2, 0.25) is 0 Å². The van der Waals surface area contributed by atoms with Crippen LogP contribution >= 0.6 is 0 Å². The van der Waals surface area contributed by atoms with Gasteiger partial charge in [0.1, 0.15) is 0 Å². The second-order valence-electron chi connectivity index (χ2n) is 8.25. The van der Waals surface area contributed by atoms with E-state index in [1.807, 2.05) is 0 Å². The molecule has 0 saturated heterocycles. The van der Waals surface area contributed by atoms with Crippen molar-refractivity contribution < 1.29 is 0 Å². The van der Waals surface area contributed by atoms with Gasteiger partial charge in [0.05, 0.1) is 0 Å². The van der Waals surface area contributed by atoms with Crippen molar-refractivity contribution in [3.05, 3.63) is 0 Å². The summed E-state index contributed by atoms with van der Waals surface area (Å²) in [7, 11) is 2.17. The Labute approximate surface area is 133 Å². The monoisotopic (exact) mass is 294 g/mol. The first kappa shape index (κ1) is 17.3. The highest BCUT2D eigenvalue weighted by atomic mass is 15.2. The number of hydrogen-bond donors (Lipinski definition) is 1. The van der Waals surface area contributed by atoms with Gasteiger partial charge in [0.15, 0.2) is 0 Å². The molecule has 0 amide bonds. The van der Waals surface area contributed by atoms with Gasteiger partial charge in [-0.2, -0.15) is 0 Å². The van der Waals surface area contributed by atoms with Gasteiger partial charge in [0.25, 0.3) is 0 Å². The maximum Gasteiger partial charge on any atom is 0.0252 e. The number of nitrogens with one attached hydrogen (secondary N) is 1. The topological polar surface area (TPSA) is 15.3 Å². The Balaban J connectivity index is 2.06. The van der Waals surface area contributed by atoms with Crippen molar-refractivity contribution >= 4 is 0 Å². The highest BCUT2D eigenvalue weighted by Gasteiger charge is 2.40. The highest BCUT2D eigenvalue weighted by Crippen LogP contribution is 2.42. The van der Waals surface area contributed by atoms with Crippen LogP contribution in [-0.2, 0) is 0 Å². The van der Waals surface area contributed by atoms with E-state index in [-0.39, 0.29) is 0 Å². The van der Waals surface area contributed by atoms with Crippen molar-refractivity contribution in [3.63, 3.8) is 0 Å². The Morgan fingerprint density at radius 1 is 1.10 bits per heavy atom. The zero-order chi connectivity index (χ0) is 15.5. The molecule has 0 spiro atoms. The van der Waals surface area contributed by atoms with Gasteiger partial charge in [-0.05, 0) is 69.4 Å². The van der Waals surface area contributed by atoms with Crippen LogP contribution < -0.4 is 5.32 Å². The van der Waals surface area contributed by atoms with E-state index in [0.717, 1.165) is 17.9 Å². The zero-order valence-corrected chi connectivity index (χ0v) is 15.1. The molecule has 0 aromatic carbocycles. The molecular formula is C19H38N2. The molecule has 2 rings (SSSR count). The fraction of sp³-hybridized carbons (Fsp3) is 1.00. The minimum atomic E-state index is 0.508. The summed E-state index contributed by atoms with van der Waals surface area (Å²) in [6.07, 6.45) is 9.72. The molecule has 0 bridgehead atoms. The Kier molecular flexibility index (Phi) is 6.14. The lowest BCUT2D eigenvalue weighted by molar-refractivity contribution is 0.0492. The molecule has 0 aromatic heterocycles. The Hall–Kier alpha value is -0.0800. The summed E-state index contributed by atoms with van der Waals surface area (Å²) in [5.41, 5.74) is 0.508. The minimum absolute atomic E-state index is 0.508. The van der Waals surface area contributed by atoms with Crippen molar-refractivity contribution in [2.75, 3.05) is 20.1 Å². The van der Waals surface area contributed by atoms with Crippen LogP contribution in [0.3, 0.4) is 0 Å². The second kappa shape index (κ2) is 7.46. The Bertz CT molecular complexity index is 309. The predicted octanol–water partition coefficient (Wildman–Crippen LogP) is 4.30. The third kappa shape index (κ3) is 4.45. The average molecular weight is 295 g/mol. The van der Waals surface area contributed by atoms with E-state index in [9.17, 15) is 0 Å². The first-order valence-corrected chi connectivity index (χ1v) is 9.43. The largest absolute Gasteiger partial charge is 0.315 e. The van der Waals surface area contributed by atoms with Crippen molar-refractivity contribution in [1.82, 2.24) is 10.2 Å². The lowest BCUT2D eigenvalue weighted by Gasteiger charge is -2.47. The van der Waals surface area contributed by atoms with Crippen LogP contribution in [0.4, 0.5) is 0 Å². The van der Waals surface area contributed by atoms with E-state index in [1.165, 1.54) is 58.0 Å². The van der Waals surface area contributed by atoms with E-state index >= 15 is 0 Å². The molecule has 0 heterocycles. The molecule has 0 aliphatic heterocycles. The average Bonchev–Trinajstić information content (AvgIpc) is 3.30. The van der Waals surface area contributed by atoms with E-state index in [0.29, 0.717) is 11.5 Å². The molecular weight excluding hydrogens is 256 g/mol. The van der Waals surface area contributed by atoms with Crippen molar-refractivity contribution in [3.8, 4) is 0 Å². The van der Waals surface area contributed by atoms with Gasteiger partial charge in [0.2, 0.25) is 0 Å². The predicted molar refractivity (Wildman–Crippen MR) is 92.6 cm³/mol. The molecule has 124 valence electrons. The molecule has 0 aromatic rings. The van der Waals surface area contributed by atoms with Crippen molar-refractivity contribution in [2.24, 2.45) is 17.3 Å². The summed E-state index contributed by atoms with van der Waals surface area (Å²) in [5.74, 6) is 1.91. The van der Waals surface area contributed by atoms with E-state index in [1.54, 1.807) is 0 Å². The number of rotatable bonds is 8. The number of likely N-dealkylation sites (N-methyl/N-ethyl adjacent to an activating group) is 1. The quantitative estimate of drug-likeness (QED) is 0.718. The summed E-state index contributed by atoms with van der Waals surface area (Å²) in [5, 5.41) is 3.63. The van der Waals surface area contributed by atoms with Gasteiger partial charge < -0.3 is 5.32 Å². The van der Waals surface area contributed by atoms with Crippen molar-refractivity contribution in [2.45, 2.75) is 84.7 Å². The molecule has 3 atom stereocenters.